The molecule has 1 aliphatic carbocycles. The molecule has 15 heavy (non-hydrogen) atoms. The number of carbonyl (C=O) groups excluding carboxylic acids is 1. The number of allylic oxidation sites excluding steroid dienone is 1. The van der Waals surface area contributed by atoms with E-state index in [1.807, 2.05) is 36.4 Å². The van der Waals surface area contributed by atoms with Crippen LogP contribution in [0.15, 0.2) is 36.4 Å². The summed E-state index contributed by atoms with van der Waals surface area (Å²) in [5.41, 5.74) is 8.42. The van der Waals surface area contributed by atoms with Gasteiger partial charge in [-0.05, 0) is 17.7 Å². The average Bonchev–Trinajstić information content (AvgIpc) is 2.27. The third-order valence-corrected chi connectivity index (χ3v) is 2.79. The Balaban J connectivity index is 2.59. The first-order valence-electron chi connectivity index (χ1n) is 4.81. The maximum Gasteiger partial charge on any atom is 0.186 e. The zero-order chi connectivity index (χ0) is 10.4. The number of anilines is 1. The summed E-state index contributed by atoms with van der Waals surface area (Å²) in [5.74, 6) is 0.0544. The highest BCUT2D eigenvalue weighted by molar-refractivity contribution is 6.21. The van der Waals surface area contributed by atoms with Gasteiger partial charge in [0.2, 0.25) is 0 Å². The number of nitrogen functional groups attached to an aromatic ring is 1. The molecule has 2 nitrogen and oxygen atoms in total. The minimum atomic E-state index is 0.0544. The molecule has 0 heterocycles. The van der Waals surface area contributed by atoms with Crippen molar-refractivity contribution in [2.24, 2.45) is 0 Å². The minimum Gasteiger partial charge on any atom is -0.398 e. The summed E-state index contributed by atoms with van der Waals surface area (Å²) in [6.45, 7) is 0. The van der Waals surface area contributed by atoms with Gasteiger partial charge in [-0.3, -0.25) is 4.79 Å². The summed E-state index contributed by atoms with van der Waals surface area (Å²) in [4.78, 5) is 11.7. The molecule has 0 aliphatic heterocycles. The Morgan fingerprint density at radius 3 is 2.73 bits per heavy atom. The second-order valence-corrected chi connectivity index (χ2v) is 3.67. The highest BCUT2D eigenvalue weighted by atomic mass is 16.1. The largest absolute Gasteiger partial charge is 0.398 e. The summed E-state index contributed by atoms with van der Waals surface area (Å²) in [7, 11) is 0. The number of rotatable bonds is 0. The van der Waals surface area contributed by atoms with Gasteiger partial charge in [-0.1, -0.05) is 30.3 Å². The minimum absolute atomic E-state index is 0.0544. The first-order valence-corrected chi connectivity index (χ1v) is 4.81. The Bertz CT molecular complexity index is 611. The van der Waals surface area contributed by atoms with E-state index in [-0.39, 0.29) is 5.78 Å². The lowest BCUT2D eigenvalue weighted by Gasteiger charge is -2.12. The molecular weight excluding hydrogens is 186 g/mol. The molecule has 1 aliphatic rings. The van der Waals surface area contributed by atoms with Gasteiger partial charge in [-0.25, -0.2) is 0 Å². The van der Waals surface area contributed by atoms with Crippen molar-refractivity contribution in [2.75, 3.05) is 5.73 Å². The van der Waals surface area contributed by atoms with Crippen molar-refractivity contribution in [1.29, 1.82) is 0 Å². The number of hydrogen-bond donors (Lipinski definition) is 1. The maximum absolute atomic E-state index is 11.7. The number of ketones is 1. The van der Waals surface area contributed by atoms with Crippen LogP contribution in [-0.2, 0) is 0 Å². The molecular formula is C13H9NO. The molecule has 2 heteroatoms. The van der Waals surface area contributed by atoms with Gasteiger partial charge < -0.3 is 5.73 Å². The second kappa shape index (κ2) is 2.70. The normalized spacial score (nSPS) is 13.5. The maximum atomic E-state index is 11.7. The summed E-state index contributed by atoms with van der Waals surface area (Å²) in [5, 5.41) is 1.94. The van der Waals surface area contributed by atoms with E-state index in [1.54, 1.807) is 6.08 Å². The Kier molecular flexibility index (Phi) is 1.48. The summed E-state index contributed by atoms with van der Waals surface area (Å²) in [6.07, 6.45) is 3.45. The van der Waals surface area contributed by atoms with Crippen molar-refractivity contribution < 1.29 is 4.79 Å². The topological polar surface area (TPSA) is 43.1 Å². The van der Waals surface area contributed by atoms with Crippen molar-refractivity contribution in [1.82, 2.24) is 0 Å². The van der Waals surface area contributed by atoms with Crippen molar-refractivity contribution in [3.8, 4) is 0 Å². The van der Waals surface area contributed by atoms with Crippen LogP contribution in [0.4, 0.5) is 5.69 Å². The standard InChI is InChI=1S/C13H9NO/c14-11-6-4-8-5-7-12(15)10-3-1-2-9(11)13(8)10/h1-7H,14H2. The molecule has 72 valence electrons. The van der Waals surface area contributed by atoms with E-state index in [9.17, 15) is 4.79 Å². The Hall–Kier alpha value is -2.09. The van der Waals surface area contributed by atoms with Crippen molar-refractivity contribution in [3.05, 3.63) is 47.5 Å². The molecule has 0 saturated heterocycles. The van der Waals surface area contributed by atoms with Gasteiger partial charge >= 0.3 is 0 Å². The Labute approximate surface area is 87.0 Å². The lowest BCUT2D eigenvalue weighted by Crippen LogP contribution is -2.02. The molecule has 0 bridgehead atoms. The first-order chi connectivity index (χ1) is 7.27. The van der Waals surface area contributed by atoms with Crippen molar-refractivity contribution >= 4 is 28.3 Å². The van der Waals surface area contributed by atoms with Crippen molar-refractivity contribution in [2.45, 2.75) is 0 Å². The first kappa shape index (κ1) is 8.24. The molecule has 2 aromatic rings. The summed E-state index contributed by atoms with van der Waals surface area (Å²) >= 11 is 0. The van der Waals surface area contributed by atoms with Gasteiger partial charge in [0.25, 0.3) is 0 Å². The Morgan fingerprint density at radius 2 is 1.87 bits per heavy atom. The molecule has 0 aromatic heterocycles. The highest BCUT2D eigenvalue weighted by Crippen LogP contribution is 2.31. The second-order valence-electron chi connectivity index (χ2n) is 3.67. The van der Waals surface area contributed by atoms with Crippen LogP contribution in [0.5, 0.6) is 0 Å². The fourth-order valence-corrected chi connectivity index (χ4v) is 2.06. The van der Waals surface area contributed by atoms with Crippen molar-refractivity contribution in [3.63, 3.8) is 0 Å². The van der Waals surface area contributed by atoms with E-state index in [0.717, 1.165) is 27.6 Å². The molecule has 0 radical (unpaired) electrons. The SMILES string of the molecule is Nc1ccc2c3c(cccc13)C(=O)C=C2. The lowest BCUT2D eigenvalue weighted by molar-refractivity contribution is 0.104. The Morgan fingerprint density at radius 1 is 1.00 bits per heavy atom. The van der Waals surface area contributed by atoms with Gasteiger partial charge in [0, 0.05) is 22.0 Å². The van der Waals surface area contributed by atoms with Gasteiger partial charge in [0.15, 0.2) is 5.78 Å². The van der Waals surface area contributed by atoms with Crippen LogP contribution in [0, 0.1) is 0 Å². The van der Waals surface area contributed by atoms with Crippen LogP contribution in [0.1, 0.15) is 15.9 Å². The van der Waals surface area contributed by atoms with E-state index in [2.05, 4.69) is 0 Å². The van der Waals surface area contributed by atoms with Gasteiger partial charge in [-0.2, -0.15) is 0 Å². The smallest absolute Gasteiger partial charge is 0.186 e. The average molecular weight is 195 g/mol. The number of hydrogen-bond acceptors (Lipinski definition) is 2. The van der Waals surface area contributed by atoms with Gasteiger partial charge in [-0.15, -0.1) is 0 Å². The zero-order valence-electron chi connectivity index (χ0n) is 8.03. The number of nitrogens with two attached hydrogens (primary N) is 1. The van der Waals surface area contributed by atoms with Crippen LogP contribution in [-0.4, -0.2) is 5.78 Å². The van der Waals surface area contributed by atoms with Gasteiger partial charge in [0.1, 0.15) is 0 Å². The molecule has 0 atom stereocenters. The molecule has 0 spiro atoms. The molecule has 0 unspecified atom stereocenters. The van der Waals surface area contributed by atoms with Crippen LogP contribution in [0.2, 0.25) is 0 Å². The quantitative estimate of drug-likeness (QED) is 0.656. The van der Waals surface area contributed by atoms with E-state index in [4.69, 9.17) is 5.73 Å². The fourth-order valence-electron chi connectivity index (χ4n) is 2.06. The molecule has 2 N–H and O–H groups in total. The molecule has 0 fully saturated rings. The van der Waals surface area contributed by atoms with Crippen LogP contribution in [0.25, 0.3) is 16.8 Å². The lowest BCUT2D eigenvalue weighted by atomic mass is 9.92. The fraction of sp³-hybridized carbons (Fsp3) is 0. The number of benzene rings is 2. The number of carbonyl (C=O) groups is 1. The predicted molar refractivity (Wildman–Crippen MR) is 61.7 cm³/mol. The highest BCUT2D eigenvalue weighted by Gasteiger charge is 2.14. The van der Waals surface area contributed by atoms with Crippen LogP contribution >= 0.6 is 0 Å². The summed E-state index contributed by atoms with van der Waals surface area (Å²) in [6, 6.07) is 9.49. The van der Waals surface area contributed by atoms with Crippen LogP contribution < -0.4 is 5.73 Å². The molecule has 0 amide bonds. The van der Waals surface area contributed by atoms with E-state index < -0.39 is 0 Å². The van der Waals surface area contributed by atoms with Gasteiger partial charge in [0.05, 0.1) is 0 Å². The van der Waals surface area contributed by atoms with E-state index >= 15 is 0 Å². The summed E-state index contributed by atoms with van der Waals surface area (Å²) < 4.78 is 0. The third-order valence-electron chi connectivity index (χ3n) is 2.79. The third kappa shape index (κ3) is 1.02. The zero-order valence-corrected chi connectivity index (χ0v) is 8.03. The van der Waals surface area contributed by atoms with E-state index in [0.29, 0.717) is 0 Å². The van der Waals surface area contributed by atoms with E-state index in [1.165, 1.54) is 0 Å². The molecule has 2 aromatic carbocycles. The monoisotopic (exact) mass is 195 g/mol. The van der Waals surface area contributed by atoms with Crippen LogP contribution in [0.3, 0.4) is 0 Å². The molecule has 3 rings (SSSR count). The molecule has 0 saturated carbocycles. The predicted octanol–water partition coefficient (Wildman–Crippen LogP) is 2.63.